The van der Waals surface area contributed by atoms with Crippen LogP contribution in [-0.2, 0) is 0 Å². The van der Waals surface area contributed by atoms with Gasteiger partial charge in [0, 0.05) is 0 Å². The van der Waals surface area contributed by atoms with Gasteiger partial charge in [0.05, 0.1) is 6.10 Å². The third-order valence-corrected chi connectivity index (χ3v) is 3.96. The van der Waals surface area contributed by atoms with Gasteiger partial charge in [-0.2, -0.15) is 0 Å². The van der Waals surface area contributed by atoms with E-state index in [2.05, 4.69) is 48.5 Å². The first-order chi connectivity index (χ1) is 6.14. The van der Waals surface area contributed by atoms with Crippen LogP contribution in [0.15, 0.2) is 0 Å². The van der Waals surface area contributed by atoms with Crippen LogP contribution < -0.4 is 0 Å². The lowest BCUT2D eigenvalue weighted by molar-refractivity contribution is -0.0588. The first-order valence-electron chi connectivity index (χ1n) is 5.82. The highest BCUT2D eigenvalue weighted by molar-refractivity contribution is 4.90. The lowest BCUT2D eigenvalue weighted by atomic mass is 9.63. The van der Waals surface area contributed by atoms with Gasteiger partial charge in [-0.3, -0.25) is 0 Å². The molecule has 2 atom stereocenters. The Labute approximate surface area is 89.9 Å². The largest absolute Gasteiger partial charge is 0.392 e. The third-order valence-electron chi connectivity index (χ3n) is 3.96. The van der Waals surface area contributed by atoms with Crippen molar-refractivity contribution < 1.29 is 5.11 Å². The SMILES string of the molecule is CCCC(C)C(O)C(C)(C)C(C)(C)C. The molecule has 0 aromatic rings. The molecule has 0 aliphatic rings. The van der Waals surface area contributed by atoms with E-state index in [4.69, 9.17) is 0 Å². The van der Waals surface area contributed by atoms with Gasteiger partial charge in [0.1, 0.15) is 0 Å². The van der Waals surface area contributed by atoms with Crippen LogP contribution in [0.3, 0.4) is 0 Å². The molecular weight excluding hydrogens is 172 g/mol. The fourth-order valence-corrected chi connectivity index (χ4v) is 1.77. The number of rotatable bonds is 4. The fraction of sp³-hybridized carbons (Fsp3) is 1.00. The number of aliphatic hydroxyl groups excluding tert-OH is 1. The van der Waals surface area contributed by atoms with Crippen LogP contribution in [0.4, 0.5) is 0 Å². The normalized spacial score (nSPS) is 18.0. The molecule has 2 unspecified atom stereocenters. The van der Waals surface area contributed by atoms with E-state index in [-0.39, 0.29) is 16.9 Å². The molecule has 1 N–H and O–H groups in total. The summed E-state index contributed by atoms with van der Waals surface area (Å²) in [5.41, 5.74) is 0.121. The number of hydrogen-bond donors (Lipinski definition) is 1. The standard InChI is InChI=1S/C13H28O/c1-8-9-10(2)11(14)13(6,7)12(3,4)5/h10-11,14H,8-9H2,1-7H3. The van der Waals surface area contributed by atoms with Gasteiger partial charge in [-0.1, -0.05) is 54.9 Å². The molecule has 86 valence electrons. The average molecular weight is 200 g/mol. The summed E-state index contributed by atoms with van der Waals surface area (Å²) in [4.78, 5) is 0. The van der Waals surface area contributed by atoms with Gasteiger partial charge in [0.25, 0.3) is 0 Å². The van der Waals surface area contributed by atoms with Crippen LogP contribution in [0.1, 0.15) is 61.3 Å². The molecule has 0 spiro atoms. The molecule has 1 nitrogen and oxygen atoms in total. The van der Waals surface area contributed by atoms with Crippen LogP contribution in [-0.4, -0.2) is 11.2 Å². The van der Waals surface area contributed by atoms with E-state index in [9.17, 15) is 5.11 Å². The minimum Gasteiger partial charge on any atom is -0.392 e. The highest BCUT2D eigenvalue weighted by Gasteiger charge is 2.41. The zero-order chi connectivity index (χ0) is 11.6. The molecule has 0 saturated carbocycles. The highest BCUT2D eigenvalue weighted by Crippen LogP contribution is 2.43. The summed E-state index contributed by atoms with van der Waals surface area (Å²) in [6.45, 7) is 15.3. The van der Waals surface area contributed by atoms with Crippen LogP contribution >= 0.6 is 0 Å². The van der Waals surface area contributed by atoms with Crippen molar-refractivity contribution in [1.82, 2.24) is 0 Å². The second kappa shape index (κ2) is 4.65. The van der Waals surface area contributed by atoms with Gasteiger partial charge in [0.15, 0.2) is 0 Å². The van der Waals surface area contributed by atoms with E-state index in [1.165, 1.54) is 0 Å². The van der Waals surface area contributed by atoms with Crippen molar-refractivity contribution in [1.29, 1.82) is 0 Å². The monoisotopic (exact) mass is 200 g/mol. The minimum atomic E-state index is -0.206. The Balaban J connectivity index is 4.57. The maximum Gasteiger partial charge on any atom is 0.0621 e. The fourth-order valence-electron chi connectivity index (χ4n) is 1.77. The summed E-state index contributed by atoms with van der Waals surface area (Å²) in [5, 5.41) is 10.3. The van der Waals surface area contributed by atoms with E-state index in [0.717, 1.165) is 12.8 Å². The van der Waals surface area contributed by atoms with Crippen molar-refractivity contribution in [2.45, 2.75) is 67.4 Å². The maximum atomic E-state index is 10.3. The Kier molecular flexibility index (Phi) is 4.64. The van der Waals surface area contributed by atoms with Crippen molar-refractivity contribution in [2.24, 2.45) is 16.7 Å². The summed E-state index contributed by atoms with van der Waals surface area (Å²) in [6, 6.07) is 0. The van der Waals surface area contributed by atoms with Crippen LogP contribution in [0, 0.1) is 16.7 Å². The van der Waals surface area contributed by atoms with Crippen molar-refractivity contribution in [2.75, 3.05) is 0 Å². The van der Waals surface area contributed by atoms with Crippen molar-refractivity contribution in [3.63, 3.8) is 0 Å². The molecule has 0 rings (SSSR count). The molecule has 0 heterocycles. The molecule has 0 bridgehead atoms. The van der Waals surface area contributed by atoms with Gasteiger partial charge in [-0.15, -0.1) is 0 Å². The Bertz CT molecular complexity index is 165. The Hall–Kier alpha value is -0.0400. The van der Waals surface area contributed by atoms with Gasteiger partial charge in [-0.25, -0.2) is 0 Å². The predicted molar refractivity (Wildman–Crippen MR) is 63.3 cm³/mol. The predicted octanol–water partition coefficient (Wildman–Crippen LogP) is 3.86. The molecule has 0 fully saturated rings. The Morgan fingerprint density at radius 3 is 1.79 bits per heavy atom. The smallest absolute Gasteiger partial charge is 0.0621 e. The second-order valence-electron chi connectivity index (χ2n) is 6.18. The van der Waals surface area contributed by atoms with E-state index in [1.807, 2.05) is 0 Å². The van der Waals surface area contributed by atoms with Crippen LogP contribution in [0.2, 0.25) is 0 Å². The molecule has 1 heteroatoms. The zero-order valence-corrected chi connectivity index (χ0v) is 11.0. The second-order valence-corrected chi connectivity index (χ2v) is 6.18. The zero-order valence-electron chi connectivity index (χ0n) is 11.0. The molecule has 0 aliphatic carbocycles. The van der Waals surface area contributed by atoms with Crippen LogP contribution in [0.5, 0.6) is 0 Å². The third kappa shape index (κ3) is 2.98. The van der Waals surface area contributed by atoms with Gasteiger partial charge in [-0.05, 0) is 23.2 Å². The topological polar surface area (TPSA) is 20.2 Å². The Morgan fingerprint density at radius 1 is 1.07 bits per heavy atom. The van der Waals surface area contributed by atoms with E-state index >= 15 is 0 Å². The van der Waals surface area contributed by atoms with Crippen LogP contribution in [0.25, 0.3) is 0 Å². The van der Waals surface area contributed by atoms with E-state index in [1.54, 1.807) is 0 Å². The summed E-state index contributed by atoms with van der Waals surface area (Å²) >= 11 is 0. The first-order valence-corrected chi connectivity index (χ1v) is 5.82. The quantitative estimate of drug-likeness (QED) is 0.730. The summed E-state index contributed by atoms with van der Waals surface area (Å²) < 4.78 is 0. The molecule has 0 aliphatic heterocycles. The van der Waals surface area contributed by atoms with Gasteiger partial charge >= 0.3 is 0 Å². The first kappa shape index (κ1) is 14.0. The lowest BCUT2D eigenvalue weighted by Gasteiger charge is -2.45. The minimum absolute atomic E-state index is 0.0262. The summed E-state index contributed by atoms with van der Waals surface area (Å²) in [5.74, 6) is 0.397. The summed E-state index contributed by atoms with van der Waals surface area (Å²) in [7, 11) is 0. The van der Waals surface area contributed by atoms with Gasteiger partial charge < -0.3 is 5.11 Å². The van der Waals surface area contributed by atoms with Crippen molar-refractivity contribution in [3.8, 4) is 0 Å². The summed E-state index contributed by atoms with van der Waals surface area (Å²) in [6.07, 6.45) is 2.06. The molecule has 0 aromatic heterocycles. The number of aliphatic hydroxyl groups is 1. The average Bonchev–Trinajstić information content (AvgIpc) is 2.01. The Morgan fingerprint density at radius 2 is 1.50 bits per heavy atom. The van der Waals surface area contributed by atoms with E-state index < -0.39 is 0 Å². The molecule has 0 amide bonds. The van der Waals surface area contributed by atoms with Gasteiger partial charge in [0.2, 0.25) is 0 Å². The molecule has 0 aromatic carbocycles. The van der Waals surface area contributed by atoms with E-state index in [0.29, 0.717) is 5.92 Å². The maximum absolute atomic E-state index is 10.3. The molecule has 0 saturated heterocycles. The van der Waals surface area contributed by atoms with Crippen molar-refractivity contribution >= 4 is 0 Å². The molecular formula is C13H28O. The van der Waals surface area contributed by atoms with Crippen molar-refractivity contribution in [3.05, 3.63) is 0 Å². The highest BCUT2D eigenvalue weighted by atomic mass is 16.3. The molecule has 14 heavy (non-hydrogen) atoms. The molecule has 0 radical (unpaired) electrons. The number of hydrogen-bond acceptors (Lipinski definition) is 1. The lowest BCUT2D eigenvalue weighted by Crippen LogP contribution is -2.44.